The van der Waals surface area contributed by atoms with E-state index in [2.05, 4.69) is 9.97 Å². The van der Waals surface area contributed by atoms with Gasteiger partial charge in [0.2, 0.25) is 5.89 Å². The largest absolute Gasteiger partial charge is 0.445 e. The monoisotopic (exact) mass is 230 g/mol. The first kappa shape index (κ1) is 9.36. The van der Waals surface area contributed by atoms with Crippen LogP contribution in [0, 0.1) is 0 Å². The summed E-state index contributed by atoms with van der Waals surface area (Å²) < 4.78 is 5.24. The van der Waals surface area contributed by atoms with Crippen molar-refractivity contribution in [2.24, 2.45) is 0 Å². The van der Waals surface area contributed by atoms with Gasteiger partial charge < -0.3 is 4.42 Å². The standard InChI is InChI=1S/C12H7ClN2O/c13-11-7-14-6-9-2-1-8(5-10(9)11)12-15-3-4-16-12/h1-7H. The SMILES string of the molecule is Clc1cncc2ccc(-c3ncco3)cc12. The van der Waals surface area contributed by atoms with E-state index >= 15 is 0 Å². The molecule has 2 heterocycles. The van der Waals surface area contributed by atoms with Crippen molar-refractivity contribution in [1.82, 2.24) is 9.97 Å². The molecule has 0 spiro atoms. The van der Waals surface area contributed by atoms with Gasteiger partial charge in [-0.1, -0.05) is 17.7 Å². The van der Waals surface area contributed by atoms with Crippen LogP contribution in [0.4, 0.5) is 0 Å². The number of fused-ring (bicyclic) bond motifs is 1. The zero-order valence-corrected chi connectivity index (χ0v) is 8.98. The molecule has 0 saturated carbocycles. The van der Waals surface area contributed by atoms with Gasteiger partial charge in [0.05, 0.1) is 11.2 Å². The summed E-state index contributed by atoms with van der Waals surface area (Å²) in [5.74, 6) is 0.592. The highest BCUT2D eigenvalue weighted by Gasteiger charge is 2.05. The minimum Gasteiger partial charge on any atom is -0.445 e. The van der Waals surface area contributed by atoms with E-state index in [0.717, 1.165) is 16.3 Å². The van der Waals surface area contributed by atoms with Gasteiger partial charge in [0, 0.05) is 28.7 Å². The molecule has 3 rings (SSSR count). The zero-order valence-electron chi connectivity index (χ0n) is 8.22. The van der Waals surface area contributed by atoms with Crippen LogP contribution in [-0.4, -0.2) is 9.97 Å². The topological polar surface area (TPSA) is 38.9 Å². The van der Waals surface area contributed by atoms with Gasteiger partial charge in [-0.05, 0) is 12.1 Å². The smallest absolute Gasteiger partial charge is 0.225 e. The number of pyridine rings is 1. The Kier molecular flexibility index (Phi) is 2.11. The van der Waals surface area contributed by atoms with Gasteiger partial charge in [0.25, 0.3) is 0 Å². The van der Waals surface area contributed by atoms with Crippen LogP contribution in [0.25, 0.3) is 22.2 Å². The fourth-order valence-electron chi connectivity index (χ4n) is 1.63. The highest BCUT2D eigenvalue weighted by Crippen LogP contribution is 2.27. The van der Waals surface area contributed by atoms with Crippen molar-refractivity contribution in [2.75, 3.05) is 0 Å². The van der Waals surface area contributed by atoms with Crippen molar-refractivity contribution in [2.45, 2.75) is 0 Å². The summed E-state index contributed by atoms with van der Waals surface area (Å²) in [6.07, 6.45) is 6.57. The number of aromatic nitrogens is 2. The predicted molar refractivity (Wildman–Crippen MR) is 62.3 cm³/mol. The molecule has 78 valence electrons. The molecule has 1 aromatic carbocycles. The number of oxazole rings is 1. The Bertz CT molecular complexity index is 635. The quantitative estimate of drug-likeness (QED) is 0.642. The van der Waals surface area contributed by atoms with Gasteiger partial charge in [-0.25, -0.2) is 4.98 Å². The fraction of sp³-hybridized carbons (Fsp3) is 0. The predicted octanol–water partition coefficient (Wildman–Crippen LogP) is 3.54. The van der Waals surface area contributed by atoms with E-state index in [9.17, 15) is 0 Å². The van der Waals surface area contributed by atoms with E-state index < -0.39 is 0 Å². The van der Waals surface area contributed by atoms with Crippen LogP contribution in [0.2, 0.25) is 5.02 Å². The van der Waals surface area contributed by atoms with Gasteiger partial charge in [-0.3, -0.25) is 4.98 Å². The number of nitrogens with zero attached hydrogens (tertiary/aromatic N) is 2. The first-order valence-electron chi connectivity index (χ1n) is 4.78. The molecule has 4 heteroatoms. The van der Waals surface area contributed by atoms with Crippen LogP contribution in [0.1, 0.15) is 0 Å². The summed E-state index contributed by atoms with van der Waals surface area (Å²) >= 11 is 6.08. The maximum absolute atomic E-state index is 6.08. The van der Waals surface area contributed by atoms with E-state index in [1.807, 2.05) is 18.2 Å². The lowest BCUT2D eigenvalue weighted by Crippen LogP contribution is -1.81. The third kappa shape index (κ3) is 1.46. The van der Waals surface area contributed by atoms with Crippen molar-refractivity contribution in [1.29, 1.82) is 0 Å². The Labute approximate surface area is 96.7 Å². The summed E-state index contributed by atoms with van der Waals surface area (Å²) in [4.78, 5) is 8.13. The van der Waals surface area contributed by atoms with Crippen LogP contribution in [0.5, 0.6) is 0 Å². The van der Waals surface area contributed by atoms with Gasteiger partial charge in [-0.15, -0.1) is 0 Å². The molecule has 0 bridgehead atoms. The lowest BCUT2D eigenvalue weighted by molar-refractivity contribution is 0.574. The second-order valence-electron chi connectivity index (χ2n) is 3.39. The lowest BCUT2D eigenvalue weighted by Gasteiger charge is -2.01. The molecule has 0 saturated heterocycles. The summed E-state index contributed by atoms with van der Waals surface area (Å²) in [5, 5.41) is 2.58. The number of rotatable bonds is 1. The molecular weight excluding hydrogens is 224 g/mol. The first-order valence-corrected chi connectivity index (χ1v) is 5.15. The Hall–Kier alpha value is -1.87. The van der Waals surface area contributed by atoms with Crippen molar-refractivity contribution < 1.29 is 4.42 Å². The molecule has 0 amide bonds. The van der Waals surface area contributed by atoms with Gasteiger partial charge >= 0.3 is 0 Å². The summed E-state index contributed by atoms with van der Waals surface area (Å²) in [7, 11) is 0. The fourth-order valence-corrected chi connectivity index (χ4v) is 1.85. The van der Waals surface area contributed by atoms with Crippen LogP contribution in [0.15, 0.2) is 47.5 Å². The van der Waals surface area contributed by atoms with E-state index in [-0.39, 0.29) is 0 Å². The Morgan fingerprint density at radius 3 is 2.94 bits per heavy atom. The van der Waals surface area contributed by atoms with Crippen molar-refractivity contribution in [3.63, 3.8) is 0 Å². The molecule has 0 N–H and O–H groups in total. The van der Waals surface area contributed by atoms with Crippen LogP contribution >= 0.6 is 11.6 Å². The molecule has 0 atom stereocenters. The van der Waals surface area contributed by atoms with Crippen molar-refractivity contribution in [3.05, 3.63) is 48.1 Å². The van der Waals surface area contributed by atoms with Crippen LogP contribution < -0.4 is 0 Å². The average molecular weight is 231 g/mol. The molecule has 0 radical (unpaired) electrons. The van der Waals surface area contributed by atoms with Gasteiger partial charge in [0.1, 0.15) is 6.26 Å². The summed E-state index contributed by atoms with van der Waals surface area (Å²) in [6, 6.07) is 5.84. The Morgan fingerprint density at radius 2 is 2.12 bits per heavy atom. The van der Waals surface area contributed by atoms with E-state index in [4.69, 9.17) is 16.0 Å². The molecule has 3 nitrogen and oxygen atoms in total. The number of benzene rings is 1. The van der Waals surface area contributed by atoms with Crippen molar-refractivity contribution in [3.8, 4) is 11.5 Å². The number of hydrogen-bond donors (Lipinski definition) is 0. The van der Waals surface area contributed by atoms with Crippen molar-refractivity contribution >= 4 is 22.4 Å². The highest BCUT2D eigenvalue weighted by molar-refractivity contribution is 6.35. The third-order valence-corrected chi connectivity index (χ3v) is 2.69. The number of hydrogen-bond acceptors (Lipinski definition) is 3. The summed E-state index contributed by atoms with van der Waals surface area (Å²) in [6.45, 7) is 0. The minimum absolute atomic E-state index is 0.592. The minimum atomic E-state index is 0.592. The van der Waals surface area contributed by atoms with E-state index in [1.54, 1.807) is 24.9 Å². The molecule has 2 aromatic heterocycles. The highest BCUT2D eigenvalue weighted by atomic mass is 35.5. The molecule has 0 aliphatic carbocycles. The molecular formula is C12H7ClN2O. The second kappa shape index (κ2) is 3.61. The normalized spacial score (nSPS) is 10.8. The molecule has 0 unspecified atom stereocenters. The third-order valence-electron chi connectivity index (χ3n) is 2.39. The maximum Gasteiger partial charge on any atom is 0.225 e. The Balaban J connectivity index is 2.27. The Morgan fingerprint density at radius 1 is 1.19 bits per heavy atom. The van der Waals surface area contributed by atoms with E-state index in [0.29, 0.717) is 10.9 Å². The lowest BCUT2D eigenvalue weighted by atomic mass is 10.1. The first-order chi connectivity index (χ1) is 7.84. The molecule has 3 aromatic rings. The molecule has 0 aliphatic rings. The molecule has 16 heavy (non-hydrogen) atoms. The average Bonchev–Trinajstić information content (AvgIpc) is 2.83. The molecule has 0 fully saturated rings. The summed E-state index contributed by atoms with van der Waals surface area (Å²) in [5.41, 5.74) is 0.908. The second-order valence-corrected chi connectivity index (χ2v) is 3.80. The van der Waals surface area contributed by atoms with Crippen LogP contribution in [-0.2, 0) is 0 Å². The zero-order chi connectivity index (χ0) is 11.0. The van der Waals surface area contributed by atoms with Crippen LogP contribution in [0.3, 0.4) is 0 Å². The van der Waals surface area contributed by atoms with Gasteiger partial charge in [0.15, 0.2) is 0 Å². The maximum atomic E-state index is 6.08. The van der Waals surface area contributed by atoms with E-state index in [1.165, 1.54) is 0 Å². The van der Waals surface area contributed by atoms with Gasteiger partial charge in [-0.2, -0.15) is 0 Å². The number of halogens is 1. The molecule has 0 aliphatic heterocycles.